The lowest BCUT2D eigenvalue weighted by Crippen LogP contribution is -2.18. The van der Waals surface area contributed by atoms with Crippen molar-refractivity contribution in [2.24, 2.45) is 0 Å². The molecule has 30 heavy (non-hydrogen) atoms. The molecule has 0 saturated heterocycles. The van der Waals surface area contributed by atoms with Crippen molar-refractivity contribution in [3.05, 3.63) is 65.2 Å². The van der Waals surface area contributed by atoms with E-state index >= 15 is 0 Å². The van der Waals surface area contributed by atoms with Gasteiger partial charge in [-0.1, -0.05) is 47.6 Å². The van der Waals surface area contributed by atoms with Crippen molar-refractivity contribution in [2.45, 2.75) is 25.0 Å². The van der Waals surface area contributed by atoms with Gasteiger partial charge < -0.3 is 15.2 Å². The van der Waals surface area contributed by atoms with Crippen molar-refractivity contribution in [1.82, 2.24) is 14.8 Å². The van der Waals surface area contributed by atoms with Gasteiger partial charge in [0, 0.05) is 6.54 Å². The first-order chi connectivity index (χ1) is 14.5. The topological polar surface area (TPSA) is 88.9 Å². The van der Waals surface area contributed by atoms with E-state index in [9.17, 15) is 14.0 Å². The molecule has 2 amide bonds. The molecule has 0 unspecified atom stereocenters. The number of hydrogen-bond acceptors (Lipinski definition) is 5. The highest BCUT2D eigenvalue weighted by atomic mass is 35.5. The van der Waals surface area contributed by atoms with Crippen molar-refractivity contribution >= 4 is 46.6 Å². The second-order valence-electron chi connectivity index (χ2n) is 6.16. The van der Waals surface area contributed by atoms with Gasteiger partial charge in [0.25, 0.3) is 0 Å². The van der Waals surface area contributed by atoms with Crippen LogP contribution in [0.15, 0.2) is 53.7 Å². The quantitative estimate of drug-likeness (QED) is 0.509. The first-order valence-electron chi connectivity index (χ1n) is 9.11. The molecule has 0 spiro atoms. The lowest BCUT2D eigenvalue weighted by molar-refractivity contribution is -0.116. The number of rotatable bonds is 8. The minimum Gasteiger partial charge on any atom is -0.324 e. The monoisotopic (exact) mass is 447 g/mol. The van der Waals surface area contributed by atoms with E-state index in [-0.39, 0.29) is 29.7 Å². The van der Waals surface area contributed by atoms with Gasteiger partial charge in [0.1, 0.15) is 11.6 Å². The Morgan fingerprint density at radius 2 is 1.70 bits per heavy atom. The van der Waals surface area contributed by atoms with Crippen LogP contribution in [0, 0.1) is 5.82 Å². The fourth-order valence-electron chi connectivity index (χ4n) is 2.65. The Bertz CT molecular complexity index is 1060. The first kappa shape index (κ1) is 21.8. The maximum atomic E-state index is 13.6. The normalized spacial score (nSPS) is 10.6. The molecule has 10 heteroatoms. The first-order valence-corrected chi connectivity index (χ1v) is 10.5. The second kappa shape index (κ2) is 10.2. The molecule has 0 fully saturated rings. The van der Waals surface area contributed by atoms with E-state index in [0.29, 0.717) is 28.2 Å². The van der Waals surface area contributed by atoms with Crippen LogP contribution in [0.3, 0.4) is 0 Å². The number of hydrogen-bond donors (Lipinski definition) is 2. The summed E-state index contributed by atoms with van der Waals surface area (Å²) in [5.41, 5.74) is 0.642. The molecule has 3 aromatic rings. The zero-order valence-corrected chi connectivity index (χ0v) is 17.6. The van der Waals surface area contributed by atoms with Crippen molar-refractivity contribution in [1.29, 1.82) is 0 Å². The fourth-order valence-corrected chi connectivity index (χ4v) is 3.66. The summed E-state index contributed by atoms with van der Waals surface area (Å²) >= 11 is 7.22. The molecule has 0 atom stereocenters. The number of anilines is 2. The van der Waals surface area contributed by atoms with Crippen LogP contribution in [0.1, 0.15) is 12.7 Å². The fraction of sp³-hybridized carbons (Fsp3) is 0.200. The van der Waals surface area contributed by atoms with E-state index in [4.69, 9.17) is 11.6 Å². The number of carbonyl (C=O) groups is 2. The summed E-state index contributed by atoms with van der Waals surface area (Å²) in [5.74, 6) is -0.649. The van der Waals surface area contributed by atoms with Crippen LogP contribution in [0.4, 0.5) is 15.8 Å². The third-order valence-electron chi connectivity index (χ3n) is 4.06. The third-order valence-corrected chi connectivity index (χ3v) is 5.35. The van der Waals surface area contributed by atoms with Crippen LogP contribution in [0.5, 0.6) is 0 Å². The number of nitrogens with zero attached hydrogens (tertiary/aromatic N) is 3. The maximum Gasteiger partial charge on any atom is 0.234 e. The van der Waals surface area contributed by atoms with E-state index in [1.54, 1.807) is 41.0 Å². The summed E-state index contributed by atoms with van der Waals surface area (Å²) in [7, 11) is 0. The molecule has 2 aromatic carbocycles. The standard InChI is InChI=1S/C20H19ClFN5O2S/c1-2-27-17(11-18(28)23-15-9-5-3-7-13(15)21)25-26-20(27)30-12-19(29)24-16-10-6-4-8-14(16)22/h3-10H,2,11-12H2,1H3,(H,23,28)(H,24,29). The SMILES string of the molecule is CCn1c(CC(=O)Nc2ccccc2Cl)nnc1SCC(=O)Nc1ccccc1F. The summed E-state index contributed by atoms with van der Waals surface area (Å²) < 4.78 is 15.4. The van der Waals surface area contributed by atoms with Crippen molar-refractivity contribution in [2.75, 3.05) is 16.4 Å². The molecule has 0 saturated carbocycles. The van der Waals surface area contributed by atoms with Crippen LogP contribution in [-0.2, 0) is 22.6 Å². The Morgan fingerprint density at radius 3 is 2.40 bits per heavy atom. The Balaban J connectivity index is 1.60. The zero-order valence-electron chi connectivity index (χ0n) is 16.1. The van der Waals surface area contributed by atoms with Crippen molar-refractivity contribution in [3.63, 3.8) is 0 Å². The molecular weight excluding hydrogens is 429 g/mol. The van der Waals surface area contributed by atoms with Gasteiger partial charge in [0.2, 0.25) is 11.8 Å². The Hall–Kier alpha value is -2.91. The average Bonchev–Trinajstić information content (AvgIpc) is 3.11. The number of carbonyl (C=O) groups excluding carboxylic acids is 2. The molecule has 156 valence electrons. The van der Waals surface area contributed by atoms with Crippen LogP contribution in [-0.4, -0.2) is 32.3 Å². The minimum atomic E-state index is -0.501. The van der Waals surface area contributed by atoms with Gasteiger partial charge in [-0.2, -0.15) is 0 Å². The lowest BCUT2D eigenvalue weighted by Gasteiger charge is -2.09. The Kier molecular flexibility index (Phi) is 7.42. The van der Waals surface area contributed by atoms with E-state index in [1.807, 2.05) is 6.92 Å². The Labute approximate surface area is 182 Å². The highest BCUT2D eigenvalue weighted by Gasteiger charge is 2.17. The molecule has 1 aromatic heterocycles. The van der Waals surface area contributed by atoms with Crippen LogP contribution in [0.2, 0.25) is 5.02 Å². The molecule has 0 bridgehead atoms. The van der Waals surface area contributed by atoms with Gasteiger partial charge in [-0.3, -0.25) is 9.59 Å². The van der Waals surface area contributed by atoms with E-state index < -0.39 is 5.82 Å². The van der Waals surface area contributed by atoms with Gasteiger partial charge >= 0.3 is 0 Å². The van der Waals surface area contributed by atoms with Crippen molar-refractivity contribution < 1.29 is 14.0 Å². The number of aromatic nitrogens is 3. The summed E-state index contributed by atoms with van der Waals surface area (Å²) in [4.78, 5) is 24.5. The summed E-state index contributed by atoms with van der Waals surface area (Å²) in [5, 5.41) is 14.4. The minimum absolute atomic E-state index is 0.00798. The molecule has 0 radical (unpaired) electrons. The smallest absolute Gasteiger partial charge is 0.234 e. The molecule has 0 aliphatic carbocycles. The number of benzene rings is 2. The molecular formula is C20H19ClFN5O2S. The highest BCUT2D eigenvalue weighted by Crippen LogP contribution is 2.22. The van der Waals surface area contributed by atoms with Gasteiger partial charge in [0.05, 0.1) is 28.6 Å². The highest BCUT2D eigenvalue weighted by molar-refractivity contribution is 7.99. The molecule has 0 aliphatic rings. The molecule has 7 nitrogen and oxygen atoms in total. The van der Waals surface area contributed by atoms with Crippen molar-refractivity contribution in [3.8, 4) is 0 Å². The molecule has 2 N–H and O–H groups in total. The van der Waals surface area contributed by atoms with E-state index in [1.165, 1.54) is 12.1 Å². The van der Waals surface area contributed by atoms with Crippen LogP contribution < -0.4 is 10.6 Å². The predicted molar refractivity (Wildman–Crippen MR) is 115 cm³/mol. The maximum absolute atomic E-state index is 13.6. The molecule has 3 rings (SSSR count). The predicted octanol–water partition coefficient (Wildman–Crippen LogP) is 4.00. The van der Waals surface area contributed by atoms with Gasteiger partial charge in [0.15, 0.2) is 5.16 Å². The third kappa shape index (κ3) is 5.58. The second-order valence-corrected chi connectivity index (χ2v) is 7.51. The lowest BCUT2D eigenvalue weighted by atomic mass is 10.3. The number of halogens is 2. The average molecular weight is 448 g/mol. The van der Waals surface area contributed by atoms with E-state index in [2.05, 4.69) is 20.8 Å². The number of para-hydroxylation sites is 2. The number of nitrogens with one attached hydrogen (secondary N) is 2. The van der Waals surface area contributed by atoms with Gasteiger partial charge in [-0.05, 0) is 31.2 Å². The zero-order chi connectivity index (χ0) is 21.5. The summed E-state index contributed by atoms with van der Waals surface area (Å²) in [6.45, 7) is 2.42. The van der Waals surface area contributed by atoms with Gasteiger partial charge in [-0.25, -0.2) is 4.39 Å². The number of thioether (sulfide) groups is 1. The Morgan fingerprint density at radius 1 is 1.03 bits per heavy atom. The number of amides is 2. The van der Waals surface area contributed by atoms with Crippen LogP contribution >= 0.6 is 23.4 Å². The van der Waals surface area contributed by atoms with Crippen LogP contribution in [0.25, 0.3) is 0 Å². The van der Waals surface area contributed by atoms with Gasteiger partial charge in [-0.15, -0.1) is 10.2 Å². The molecule has 0 aliphatic heterocycles. The largest absolute Gasteiger partial charge is 0.324 e. The summed E-state index contributed by atoms with van der Waals surface area (Å²) in [6, 6.07) is 12.9. The van der Waals surface area contributed by atoms with E-state index in [0.717, 1.165) is 11.8 Å². The summed E-state index contributed by atoms with van der Waals surface area (Å²) in [6.07, 6.45) is 0.00798. The molecule has 1 heterocycles.